The molecular formula is C58H75N13O11. The van der Waals surface area contributed by atoms with Crippen LogP contribution >= 0.6 is 0 Å². The molecule has 0 aliphatic carbocycles. The summed E-state index contributed by atoms with van der Waals surface area (Å²) < 4.78 is 0. The fourth-order valence-electron chi connectivity index (χ4n) is 8.88. The molecule has 24 heteroatoms. The van der Waals surface area contributed by atoms with Crippen LogP contribution in [-0.2, 0) is 68.8 Å². The first-order valence-electron chi connectivity index (χ1n) is 27.0. The van der Waals surface area contributed by atoms with E-state index in [2.05, 4.69) is 52.5 Å². The molecule has 0 saturated heterocycles. The van der Waals surface area contributed by atoms with Gasteiger partial charge >= 0.3 is 5.97 Å². The normalized spacial score (nSPS) is 13.9. The van der Waals surface area contributed by atoms with Crippen molar-refractivity contribution in [2.75, 3.05) is 13.1 Å². The summed E-state index contributed by atoms with van der Waals surface area (Å²) in [5.74, 6) is -7.64. The third-order valence-corrected chi connectivity index (χ3v) is 13.3. The maximum atomic E-state index is 14.9. The van der Waals surface area contributed by atoms with E-state index in [0.717, 1.165) is 0 Å². The number of phenolic OH excluding ortho intramolecular Hbond substituents is 1. The van der Waals surface area contributed by atoms with Gasteiger partial charge < -0.3 is 74.9 Å². The highest BCUT2D eigenvalue weighted by molar-refractivity contribution is 5.98. The molecule has 0 fully saturated rings. The second-order valence-electron chi connectivity index (χ2n) is 19.9. The number of amides is 8. The minimum atomic E-state index is -1.47. The van der Waals surface area contributed by atoms with Gasteiger partial charge in [-0.05, 0) is 92.9 Å². The Morgan fingerprint density at radius 3 is 1.44 bits per heavy atom. The third kappa shape index (κ3) is 20.7. The van der Waals surface area contributed by atoms with Crippen molar-refractivity contribution in [3.05, 3.63) is 138 Å². The summed E-state index contributed by atoms with van der Waals surface area (Å²) in [6.07, 6.45) is 2.30. The second kappa shape index (κ2) is 32.1. The molecule has 0 saturated carbocycles. The summed E-state index contributed by atoms with van der Waals surface area (Å²) in [5.41, 5.74) is 19.9. The Balaban J connectivity index is 1.48. The van der Waals surface area contributed by atoms with E-state index in [-0.39, 0.29) is 63.2 Å². The lowest BCUT2D eigenvalue weighted by Crippen LogP contribution is -2.61. The van der Waals surface area contributed by atoms with Gasteiger partial charge in [0.05, 0.1) is 0 Å². The number of aromatic amines is 1. The Morgan fingerprint density at radius 2 is 0.927 bits per heavy atom. The van der Waals surface area contributed by atoms with Crippen LogP contribution in [0.2, 0.25) is 0 Å². The van der Waals surface area contributed by atoms with Gasteiger partial charge in [0.15, 0.2) is 5.96 Å². The maximum absolute atomic E-state index is 14.9. The number of para-hydroxylation sites is 1. The van der Waals surface area contributed by atoms with Crippen LogP contribution in [0.4, 0.5) is 0 Å². The molecule has 4 aromatic carbocycles. The Morgan fingerprint density at radius 1 is 0.500 bits per heavy atom. The Bertz CT molecular complexity index is 2990. The lowest BCUT2D eigenvalue weighted by atomic mass is 10.0. The van der Waals surface area contributed by atoms with Crippen LogP contribution in [0, 0.1) is 0 Å². The van der Waals surface area contributed by atoms with Crippen LogP contribution in [0.5, 0.6) is 5.75 Å². The van der Waals surface area contributed by atoms with E-state index in [4.69, 9.17) is 17.2 Å². The average Bonchev–Trinajstić information content (AvgIpc) is 3.87. The molecule has 1 aromatic heterocycles. The molecule has 438 valence electrons. The lowest BCUT2D eigenvalue weighted by Gasteiger charge is -2.28. The van der Waals surface area contributed by atoms with E-state index in [0.29, 0.717) is 52.5 Å². The zero-order valence-electron chi connectivity index (χ0n) is 46.1. The fraction of sp³-hybridized carbons (Fsp3) is 0.379. The van der Waals surface area contributed by atoms with Crippen molar-refractivity contribution in [3.8, 4) is 5.75 Å². The molecule has 0 aliphatic rings. The highest BCUT2D eigenvalue weighted by Crippen LogP contribution is 2.20. The summed E-state index contributed by atoms with van der Waals surface area (Å²) in [6.45, 7) is 4.40. The molecule has 5 aromatic rings. The van der Waals surface area contributed by atoms with Crippen LogP contribution < -0.4 is 59.7 Å². The van der Waals surface area contributed by atoms with E-state index in [1.54, 1.807) is 72.9 Å². The first-order chi connectivity index (χ1) is 39.2. The number of aliphatic carboxylic acids is 1. The number of hydrogen-bond acceptors (Lipinski definition) is 12. The number of carboxylic acids is 1. The van der Waals surface area contributed by atoms with Gasteiger partial charge in [-0.2, -0.15) is 0 Å². The Labute approximate surface area is 475 Å². The van der Waals surface area contributed by atoms with Crippen molar-refractivity contribution in [2.24, 2.45) is 22.2 Å². The number of hydrogen-bond donors (Lipinski definition) is 14. The Hall–Kier alpha value is -9.32. The van der Waals surface area contributed by atoms with Crippen LogP contribution in [0.1, 0.15) is 75.1 Å². The number of carbonyl (C=O) groups excluding carboxylic acids is 8. The van der Waals surface area contributed by atoms with Gasteiger partial charge in [-0.3, -0.25) is 43.3 Å². The molecule has 5 rings (SSSR count). The molecule has 0 radical (unpaired) electrons. The van der Waals surface area contributed by atoms with Gasteiger partial charge in [-0.1, -0.05) is 91.0 Å². The monoisotopic (exact) mass is 1130 g/mol. The van der Waals surface area contributed by atoms with Crippen LogP contribution in [0.15, 0.2) is 120 Å². The summed E-state index contributed by atoms with van der Waals surface area (Å²) in [7, 11) is 0. The SMILES string of the molecule is CC(=O)N[C@@H](C)C(=O)N[C@@H](Cc1ccccc1)C(=O)N[C@@H](Cc1ccccc1)C(=O)N[C@@H](CCCN=C(N)N)C(=O)N[C@@H](Cc1c[nH]c2ccccc12)C(=O)N[C@@H](Cc1ccc(O)cc1)C(=O)N[C@@H](C)C(=O)N[C@@H](CCCCN)C(=O)O. The first-order valence-corrected chi connectivity index (χ1v) is 27.0. The van der Waals surface area contributed by atoms with Gasteiger partial charge in [-0.15, -0.1) is 0 Å². The number of nitrogens with two attached hydrogens (primary N) is 3. The van der Waals surface area contributed by atoms with Crippen molar-refractivity contribution in [1.82, 2.24) is 47.5 Å². The average molecular weight is 1130 g/mol. The molecule has 82 heavy (non-hydrogen) atoms. The van der Waals surface area contributed by atoms with Gasteiger partial charge in [-0.25, -0.2) is 4.79 Å². The number of unbranched alkanes of at least 4 members (excludes halogenated alkanes) is 1. The largest absolute Gasteiger partial charge is 0.508 e. The van der Waals surface area contributed by atoms with Gasteiger partial charge in [0.2, 0.25) is 47.3 Å². The Kier molecular flexibility index (Phi) is 24.8. The van der Waals surface area contributed by atoms with E-state index in [9.17, 15) is 53.4 Å². The number of nitrogens with zero attached hydrogens (tertiary/aromatic N) is 1. The number of nitrogens with one attached hydrogen (secondary N) is 9. The predicted molar refractivity (Wildman–Crippen MR) is 307 cm³/mol. The standard InChI is InChI=1S/C58H75N13O11/c1-34(64-36(3)72)50(74)68-47(29-37-15-6-4-7-16-37)55(79)70-48(30-38-17-8-5-9-18-38)54(78)66-44(22-14-28-62-58(60)61)52(76)71-49(32-40-33-63-43-20-11-10-19-42(40)43)56(80)69-46(31-39-23-25-41(73)26-24-39)53(77)65-35(2)51(75)67-45(57(81)82)21-12-13-27-59/h4-11,15-20,23-26,33-35,44-49,63,73H,12-14,21-22,27-32,59H2,1-3H3,(H,64,72)(H,65,77)(H,66,78)(H,67,75)(H,68,74)(H,69,80)(H,70,79)(H,71,76)(H,81,82)(H4,60,61,62)/t34-,35-,44-,45-,46-,47-,48-,49-/m0/s1. The van der Waals surface area contributed by atoms with Crippen molar-refractivity contribution in [2.45, 2.75) is 127 Å². The zero-order valence-corrected chi connectivity index (χ0v) is 46.1. The molecule has 0 aliphatic heterocycles. The van der Waals surface area contributed by atoms with Crippen LogP contribution in [-0.4, -0.2) is 136 Å². The minimum absolute atomic E-state index is 0.00439. The molecule has 1 heterocycles. The number of fused-ring (bicyclic) bond motifs is 1. The smallest absolute Gasteiger partial charge is 0.326 e. The number of aromatic hydroxyl groups is 1. The number of benzene rings is 4. The summed E-state index contributed by atoms with van der Waals surface area (Å²) in [6, 6.07) is 20.1. The minimum Gasteiger partial charge on any atom is -0.508 e. The van der Waals surface area contributed by atoms with E-state index < -0.39 is 102 Å². The third-order valence-electron chi connectivity index (χ3n) is 13.3. The number of rotatable bonds is 32. The number of guanidine groups is 1. The topological polar surface area (TPSA) is 397 Å². The number of H-pyrrole nitrogens is 1. The van der Waals surface area contributed by atoms with Crippen LogP contribution in [0.3, 0.4) is 0 Å². The molecule has 0 spiro atoms. The zero-order chi connectivity index (χ0) is 59.7. The van der Waals surface area contributed by atoms with E-state index in [1.807, 2.05) is 18.2 Å². The quantitative estimate of drug-likeness (QED) is 0.0157. The molecule has 8 atom stereocenters. The molecule has 17 N–H and O–H groups in total. The molecule has 0 unspecified atom stereocenters. The number of aliphatic imine (C=N–C) groups is 1. The predicted octanol–water partition coefficient (Wildman–Crippen LogP) is 0.349. The molecular weight excluding hydrogens is 1050 g/mol. The molecule has 8 amide bonds. The first kappa shape index (κ1) is 63.5. The van der Waals surface area contributed by atoms with Crippen LogP contribution in [0.25, 0.3) is 10.9 Å². The number of carboxylic acid groups (broad SMARTS) is 1. The highest BCUT2D eigenvalue weighted by atomic mass is 16.4. The van der Waals surface area contributed by atoms with Crippen molar-refractivity contribution < 1.29 is 53.4 Å². The number of phenols is 1. The van der Waals surface area contributed by atoms with E-state index in [1.165, 1.54) is 45.0 Å². The summed E-state index contributed by atoms with van der Waals surface area (Å²) in [5, 5.41) is 41.9. The van der Waals surface area contributed by atoms with Gasteiger partial charge in [0.1, 0.15) is 54.1 Å². The van der Waals surface area contributed by atoms with E-state index >= 15 is 0 Å². The lowest BCUT2D eigenvalue weighted by molar-refractivity contribution is -0.142. The highest BCUT2D eigenvalue weighted by Gasteiger charge is 2.35. The van der Waals surface area contributed by atoms with Gasteiger partial charge in [0.25, 0.3) is 0 Å². The van der Waals surface area contributed by atoms with Crippen molar-refractivity contribution in [3.63, 3.8) is 0 Å². The molecule has 24 nitrogen and oxygen atoms in total. The summed E-state index contributed by atoms with van der Waals surface area (Å²) in [4.78, 5) is 131. The number of aromatic nitrogens is 1. The number of carbonyl (C=O) groups is 9. The van der Waals surface area contributed by atoms with Gasteiger partial charge in [0, 0.05) is 56.3 Å². The fourth-order valence-corrected chi connectivity index (χ4v) is 8.88. The maximum Gasteiger partial charge on any atom is 0.326 e. The van der Waals surface area contributed by atoms with Crippen molar-refractivity contribution >= 4 is 70.1 Å². The molecule has 0 bridgehead atoms. The summed E-state index contributed by atoms with van der Waals surface area (Å²) >= 11 is 0. The van der Waals surface area contributed by atoms with Crippen molar-refractivity contribution in [1.29, 1.82) is 0 Å². The second-order valence-corrected chi connectivity index (χ2v) is 19.9.